The molecule has 1 N–H and O–H groups in total. The van der Waals surface area contributed by atoms with Crippen molar-refractivity contribution >= 4 is 5.95 Å². The van der Waals surface area contributed by atoms with E-state index in [-0.39, 0.29) is 0 Å². The lowest BCUT2D eigenvalue weighted by molar-refractivity contribution is 0.579. The van der Waals surface area contributed by atoms with Gasteiger partial charge in [0, 0.05) is 45.0 Å². The maximum absolute atomic E-state index is 4.45. The highest BCUT2D eigenvalue weighted by Gasteiger charge is 2.12. The van der Waals surface area contributed by atoms with E-state index in [0.29, 0.717) is 0 Å². The SMILES string of the molecule is C=C/C=C(\C=C)Cc1cnc(N2CCNCC2)nc1. The van der Waals surface area contributed by atoms with Gasteiger partial charge in [0.25, 0.3) is 0 Å². The van der Waals surface area contributed by atoms with Crippen LogP contribution in [0.3, 0.4) is 0 Å². The third-order valence-corrected chi connectivity index (χ3v) is 3.09. The Morgan fingerprint density at radius 1 is 1.26 bits per heavy atom. The molecule has 2 rings (SSSR count). The molecule has 1 aromatic heterocycles. The van der Waals surface area contributed by atoms with E-state index in [1.807, 2.05) is 24.5 Å². The summed E-state index contributed by atoms with van der Waals surface area (Å²) in [6.07, 6.45) is 10.1. The van der Waals surface area contributed by atoms with Gasteiger partial charge in [-0.2, -0.15) is 0 Å². The number of hydrogen-bond acceptors (Lipinski definition) is 4. The van der Waals surface area contributed by atoms with Gasteiger partial charge in [0.2, 0.25) is 5.95 Å². The Labute approximate surface area is 114 Å². The smallest absolute Gasteiger partial charge is 0.225 e. The van der Waals surface area contributed by atoms with Crippen LogP contribution in [0.25, 0.3) is 0 Å². The lowest BCUT2D eigenvalue weighted by Gasteiger charge is -2.27. The summed E-state index contributed by atoms with van der Waals surface area (Å²) < 4.78 is 0. The molecule has 0 aliphatic carbocycles. The van der Waals surface area contributed by atoms with Gasteiger partial charge < -0.3 is 10.2 Å². The fraction of sp³-hybridized carbons (Fsp3) is 0.333. The van der Waals surface area contributed by atoms with Crippen LogP contribution in [-0.2, 0) is 6.42 Å². The number of nitrogens with one attached hydrogen (secondary N) is 1. The average molecular weight is 256 g/mol. The quantitative estimate of drug-likeness (QED) is 0.815. The molecule has 0 bridgehead atoms. The third-order valence-electron chi connectivity index (χ3n) is 3.09. The molecule has 1 aliphatic heterocycles. The van der Waals surface area contributed by atoms with Gasteiger partial charge in [-0.15, -0.1) is 0 Å². The van der Waals surface area contributed by atoms with Crippen molar-refractivity contribution < 1.29 is 0 Å². The summed E-state index contributed by atoms with van der Waals surface area (Å²) in [6, 6.07) is 0. The van der Waals surface area contributed by atoms with Gasteiger partial charge in [-0.25, -0.2) is 9.97 Å². The highest BCUT2D eigenvalue weighted by molar-refractivity contribution is 5.33. The highest BCUT2D eigenvalue weighted by atomic mass is 15.3. The van der Waals surface area contributed by atoms with Gasteiger partial charge in [-0.1, -0.05) is 31.4 Å². The molecule has 4 nitrogen and oxygen atoms in total. The number of nitrogens with zero attached hydrogens (tertiary/aromatic N) is 3. The maximum Gasteiger partial charge on any atom is 0.225 e. The van der Waals surface area contributed by atoms with E-state index in [1.165, 1.54) is 0 Å². The van der Waals surface area contributed by atoms with Crippen LogP contribution in [-0.4, -0.2) is 36.1 Å². The van der Waals surface area contributed by atoms with Crippen molar-refractivity contribution in [2.75, 3.05) is 31.1 Å². The van der Waals surface area contributed by atoms with Gasteiger partial charge in [0.1, 0.15) is 0 Å². The normalized spacial score (nSPS) is 16.2. The number of hydrogen-bond donors (Lipinski definition) is 1. The van der Waals surface area contributed by atoms with E-state index in [9.17, 15) is 0 Å². The lowest BCUT2D eigenvalue weighted by Crippen LogP contribution is -2.44. The van der Waals surface area contributed by atoms with E-state index >= 15 is 0 Å². The minimum atomic E-state index is 0.789. The summed E-state index contributed by atoms with van der Waals surface area (Å²) in [7, 11) is 0. The molecule has 1 aromatic rings. The van der Waals surface area contributed by atoms with Crippen LogP contribution in [0, 0.1) is 0 Å². The fourth-order valence-electron chi connectivity index (χ4n) is 2.05. The average Bonchev–Trinajstić information content (AvgIpc) is 2.48. The lowest BCUT2D eigenvalue weighted by atomic mass is 10.1. The predicted molar refractivity (Wildman–Crippen MR) is 79.3 cm³/mol. The molecule has 1 aliphatic rings. The Morgan fingerprint density at radius 3 is 2.53 bits per heavy atom. The first-order valence-electron chi connectivity index (χ1n) is 6.54. The van der Waals surface area contributed by atoms with E-state index in [0.717, 1.165) is 49.7 Å². The van der Waals surface area contributed by atoms with Crippen molar-refractivity contribution in [1.29, 1.82) is 0 Å². The Balaban J connectivity index is 2.03. The molecule has 0 saturated carbocycles. The second-order valence-corrected chi connectivity index (χ2v) is 4.49. The largest absolute Gasteiger partial charge is 0.338 e. The number of anilines is 1. The minimum Gasteiger partial charge on any atom is -0.338 e. The van der Waals surface area contributed by atoms with Crippen LogP contribution in [0.4, 0.5) is 5.95 Å². The van der Waals surface area contributed by atoms with E-state index < -0.39 is 0 Å². The second-order valence-electron chi connectivity index (χ2n) is 4.49. The van der Waals surface area contributed by atoms with Gasteiger partial charge in [0.15, 0.2) is 0 Å². The number of piperazine rings is 1. The second kappa shape index (κ2) is 6.85. The number of aromatic nitrogens is 2. The van der Waals surface area contributed by atoms with Crippen molar-refractivity contribution in [3.05, 3.63) is 54.9 Å². The Morgan fingerprint density at radius 2 is 1.95 bits per heavy atom. The van der Waals surface area contributed by atoms with Crippen LogP contribution in [0.2, 0.25) is 0 Å². The Kier molecular flexibility index (Phi) is 4.86. The summed E-state index contributed by atoms with van der Waals surface area (Å²) in [6.45, 7) is 11.4. The molecule has 0 radical (unpaired) electrons. The zero-order valence-electron chi connectivity index (χ0n) is 11.2. The Hall–Kier alpha value is -1.94. The van der Waals surface area contributed by atoms with Crippen molar-refractivity contribution in [2.45, 2.75) is 6.42 Å². The first kappa shape index (κ1) is 13.5. The van der Waals surface area contributed by atoms with Crippen molar-refractivity contribution in [2.24, 2.45) is 0 Å². The zero-order valence-corrected chi connectivity index (χ0v) is 11.2. The number of rotatable bonds is 5. The number of allylic oxidation sites excluding steroid dienone is 4. The van der Waals surface area contributed by atoms with Gasteiger partial charge in [-0.05, 0) is 11.1 Å². The first-order chi connectivity index (χ1) is 9.33. The topological polar surface area (TPSA) is 41.1 Å². The van der Waals surface area contributed by atoms with E-state index in [4.69, 9.17) is 0 Å². The molecule has 0 amide bonds. The molecule has 100 valence electrons. The molecule has 19 heavy (non-hydrogen) atoms. The van der Waals surface area contributed by atoms with Crippen LogP contribution < -0.4 is 10.2 Å². The summed E-state index contributed by atoms with van der Waals surface area (Å²) >= 11 is 0. The summed E-state index contributed by atoms with van der Waals surface area (Å²) in [4.78, 5) is 11.1. The molecule has 0 aromatic carbocycles. The van der Waals surface area contributed by atoms with Crippen molar-refractivity contribution in [1.82, 2.24) is 15.3 Å². The van der Waals surface area contributed by atoms with Crippen molar-refractivity contribution in [3.8, 4) is 0 Å². The standard InChI is InChI=1S/C15H20N4/c1-3-5-13(4-2)10-14-11-17-15(18-12-14)19-8-6-16-7-9-19/h3-5,11-12,16H,1-2,6-10H2/b13-5+. The molecule has 0 atom stereocenters. The summed E-state index contributed by atoms with van der Waals surface area (Å²) in [5.41, 5.74) is 2.21. The van der Waals surface area contributed by atoms with Crippen molar-refractivity contribution in [3.63, 3.8) is 0 Å². The molecule has 0 spiro atoms. The van der Waals surface area contributed by atoms with E-state index in [1.54, 1.807) is 6.08 Å². The summed E-state index contributed by atoms with van der Waals surface area (Å²) in [5, 5.41) is 3.32. The molecule has 0 unspecified atom stereocenters. The third kappa shape index (κ3) is 3.76. The first-order valence-corrected chi connectivity index (χ1v) is 6.54. The van der Waals surface area contributed by atoms with Gasteiger partial charge >= 0.3 is 0 Å². The minimum absolute atomic E-state index is 0.789. The highest BCUT2D eigenvalue weighted by Crippen LogP contribution is 2.11. The maximum atomic E-state index is 4.45. The van der Waals surface area contributed by atoms with Gasteiger partial charge in [0.05, 0.1) is 0 Å². The van der Waals surface area contributed by atoms with Crippen LogP contribution in [0.5, 0.6) is 0 Å². The van der Waals surface area contributed by atoms with Crippen LogP contribution in [0.1, 0.15) is 5.56 Å². The van der Waals surface area contributed by atoms with Gasteiger partial charge in [-0.3, -0.25) is 0 Å². The molecular formula is C15H20N4. The molecule has 2 heterocycles. The predicted octanol–water partition coefficient (Wildman–Crippen LogP) is 1.73. The zero-order chi connectivity index (χ0) is 13.5. The fourth-order valence-corrected chi connectivity index (χ4v) is 2.05. The molecular weight excluding hydrogens is 236 g/mol. The molecule has 1 saturated heterocycles. The van der Waals surface area contributed by atoms with E-state index in [2.05, 4.69) is 33.3 Å². The monoisotopic (exact) mass is 256 g/mol. The molecule has 1 fully saturated rings. The summed E-state index contributed by atoms with van der Waals surface area (Å²) in [5.74, 6) is 0.818. The Bertz CT molecular complexity index is 456. The van der Waals surface area contributed by atoms with Crippen LogP contribution >= 0.6 is 0 Å². The molecule has 4 heteroatoms. The van der Waals surface area contributed by atoms with Crippen LogP contribution in [0.15, 0.2) is 49.4 Å².